The Balaban J connectivity index is 1.71. The van der Waals surface area contributed by atoms with E-state index in [-0.39, 0.29) is 17.2 Å². The molecule has 5 nitrogen and oxygen atoms in total. The molecular formula is C24H26ClN3O2S. The molecule has 0 bridgehead atoms. The van der Waals surface area contributed by atoms with Gasteiger partial charge in [-0.3, -0.25) is 14.2 Å². The number of aromatic nitrogens is 2. The summed E-state index contributed by atoms with van der Waals surface area (Å²) >= 11 is 7.66. The van der Waals surface area contributed by atoms with Gasteiger partial charge >= 0.3 is 0 Å². The van der Waals surface area contributed by atoms with Gasteiger partial charge in [-0.25, -0.2) is 4.98 Å². The molecular weight excluding hydrogens is 430 g/mol. The van der Waals surface area contributed by atoms with Gasteiger partial charge in [0.05, 0.1) is 22.3 Å². The monoisotopic (exact) mass is 455 g/mol. The first-order valence-electron chi connectivity index (χ1n) is 10.7. The minimum Gasteiger partial charge on any atom is -0.339 e. The maximum atomic E-state index is 13.4. The number of benzene rings is 2. The van der Waals surface area contributed by atoms with Crippen molar-refractivity contribution in [1.29, 1.82) is 0 Å². The number of carbonyl (C=O) groups excluding carboxylic acids is 1. The van der Waals surface area contributed by atoms with Gasteiger partial charge in [0.25, 0.3) is 5.56 Å². The van der Waals surface area contributed by atoms with Crippen molar-refractivity contribution in [2.75, 3.05) is 12.3 Å². The molecule has 1 saturated heterocycles. The van der Waals surface area contributed by atoms with Crippen molar-refractivity contribution in [2.45, 2.75) is 50.7 Å². The van der Waals surface area contributed by atoms with E-state index >= 15 is 0 Å². The van der Waals surface area contributed by atoms with Gasteiger partial charge in [0.2, 0.25) is 5.91 Å². The van der Waals surface area contributed by atoms with Crippen LogP contribution in [0.1, 0.15) is 38.2 Å². The second-order valence-electron chi connectivity index (χ2n) is 7.92. The zero-order valence-electron chi connectivity index (χ0n) is 17.8. The SMILES string of the molecule is CCC1CCCCN1C(=O)CSc1nc2ccccc2c(=O)n1-c1ccc(C)c(Cl)c1. The molecule has 162 valence electrons. The largest absolute Gasteiger partial charge is 0.339 e. The minimum absolute atomic E-state index is 0.104. The van der Waals surface area contributed by atoms with E-state index in [1.807, 2.05) is 42.2 Å². The topological polar surface area (TPSA) is 55.2 Å². The summed E-state index contributed by atoms with van der Waals surface area (Å²) in [7, 11) is 0. The van der Waals surface area contributed by atoms with E-state index in [0.717, 1.165) is 31.4 Å². The molecule has 0 saturated carbocycles. The quantitative estimate of drug-likeness (QED) is 0.390. The first-order chi connectivity index (χ1) is 15.0. The molecule has 1 aromatic heterocycles. The molecule has 0 spiro atoms. The van der Waals surface area contributed by atoms with Gasteiger partial charge < -0.3 is 4.90 Å². The molecule has 4 rings (SSSR count). The summed E-state index contributed by atoms with van der Waals surface area (Å²) in [5.74, 6) is 0.355. The molecule has 31 heavy (non-hydrogen) atoms. The molecule has 0 aliphatic carbocycles. The number of thioether (sulfide) groups is 1. The average molecular weight is 456 g/mol. The van der Waals surface area contributed by atoms with Crippen LogP contribution in [0.15, 0.2) is 52.4 Å². The fourth-order valence-corrected chi connectivity index (χ4v) is 5.19. The van der Waals surface area contributed by atoms with Gasteiger partial charge in [-0.1, -0.05) is 48.5 Å². The van der Waals surface area contributed by atoms with Crippen molar-refractivity contribution >= 4 is 40.2 Å². The number of para-hydroxylation sites is 1. The van der Waals surface area contributed by atoms with Crippen molar-refractivity contribution in [3.8, 4) is 5.69 Å². The van der Waals surface area contributed by atoms with Crippen LogP contribution in [0.5, 0.6) is 0 Å². The summed E-state index contributed by atoms with van der Waals surface area (Å²) in [6.07, 6.45) is 4.26. The van der Waals surface area contributed by atoms with E-state index in [1.165, 1.54) is 18.2 Å². The van der Waals surface area contributed by atoms with E-state index < -0.39 is 0 Å². The van der Waals surface area contributed by atoms with Crippen LogP contribution in [-0.2, 0) is 4.79 Å². The van der Waals surface area contributed by atoms with Gasteiger partial charge in [-0.2, -0.15) is 0 Å². The number of likely N-dealkylation sites (tertiary alicyclic amines) is 1. The van der Waals surface area contributed by atoms with Crippen LogP contribution in [0, 0.1) is 6.92 Å². The Morgan fingerprint density at radius 3 is 2.81 bits per heavy atom. The third-order valence-electron chi connectivity index (χ3n) is 5.90. The van der Waals surface area contributed by atoms with Crippen molar-refractivity contribution in [3.63, 3.8) is 0 Å². The number of nitrogens with zero attached hydrogens (tertiary/aromatic N) is 3. The summed E-state index contributed by atoms with van der Waals surface area (Å²) in [5, 5.41) is 1.63. The van der Waals surface area contributed by atoms with Crippen molar-refractivity contribution in [1.82, 2.24) is 14.5 Å². The highest BCUT2D eigenvalue weighted by molar-refractivity contribution is 7.99. The van der Waals surface area contributed by atoms with Gasteiger partial charge in [0.1, 0.15) is 0 Å². The smallest absolute Gasteiger partial charge is 0.266 e. The maximum Gasteiger partial charge on any atom is 0.266 e. The lowest BCUT2D eigenvalue weighted by atomic mass is 10.0. The van der Waals surface area contributed by atoms with Crippen LogP contribution in [0.25, 0.3) is 16.6 Å². The molecule has 0 N–H and O–H groups in total. The maximum absolute atomic E-state index is 13.4. The number of rotatable bonds is 5. The predicted octanol–water partition coefficient (Wildman–Crippen LogP) is 5.23. The van der Waals surface area contributed by atoms with Crippen LogP contribution in [0.4, 0.5) is 0 Å². The summed E-state index contributed by atoms with van der Waals surface area (Å²) in [4.78, 5) is 33.1. The molecule has 0 radical (unpaired) electrons. The van der Waals surface area contributed by atoms with Crippen molar-refractivity contribution < 1.29 is 4.79 Å². The summed E-state index contributed by atoms with van der Waals surface area (Å²) in [6, 6.07) is 13.1. The standard InChI is InChI=1S/C24H26ClN3O2S/c1-3-17-8-6-7-13-27(17)22(29)15-31-24-26-21-10-5-4-9-19(21)23(30)28(24)18-12-11-16(2)20(25)14-18/h4-5,9-12,14,17H,3,6-8,13,15H2,1-2H3. The molecule has 7 heteroatoms. The third-order valence-corrected chi connectivity index (χ3v) is 7.23. The Morgan fingerprint density at radius 1 is 1.23 bits per heavy atom. The average Bonchev–Trinajstić information content (AvgIpc) is 2.79. The number of hydrogen-bond donors (Lipinski definition) is 0. The number of halogens is 1. The minimum atomic E-state index is -0.162. The van der Waals surface area contributed by atoms with E-state index in [4.69, 9.17) is 16.6 Å². The first kappa shape index (κ1) is 21.9. The zero-order chi connectivity index (χ0) is 22.0. The highest BCUT2D eigenvalue weighted by Gasteiger charge is 2.26. The van der Waals surface area contributed by atoms with Gasteiger partial charge in [0.15, 0.2) is 5.16 Å². The molecule has 1 amide bonds. The lowest BCUT2D eigenvalue weighted by Gasteiger charge is -2.35. The van der Waals surface area contributed by atoms with Gasteiger partial charge in [-0.05, 0) is 62.4 Å². The Morgan fingerprint density at radius 2 is 2.03 bits per heavy atom. The summed E-state index contributed by atoms with van der Waals surface area (Å²) in [6.45, 7) is 4.86. The van der Waals surface area contributed by atoms with Crippen LogP contribution in [0.3, 0.4) is 0 Å². The van der Waals surface area contributed by atoms with Crippen LogP contribution >= 0.6 is 23.4 Å². The number of aryl methyl sites for hydroxylation is 1. The molecule has 1 aliphatic heterocycles. The van der Waals surface area contributed by atoms with Crippen LogP contribution in [-0.4, -0.2) is 38.7 Å². The molecule has 1 aliphatic rings. The number of hydrogen-bond acceptors (Lipinski definition) is 4. The van der Waals surface area contributed by atoms with Crippen LogP contribution < -0.4 is 5.56 Å². The van der Waals surface area contributed by atoms with Gasteiger partial charge in [0, 0.05) is 17.6 Å². The van der Waals surface area contributed by atoms with Gasteiger partial charge in [-0.15, -0.1) is 0 Å². The molecule has 1 unspecified atom stereocenters. The predicted molar refractivity (Wildman–Crippen MR) is 127 cm³/mol. The lowest BCUT2D eigenvalue weighted by molar-refractivity contribution is -0.132. The Kier molecular flexibility index (Phi) is 6.68. The van der Waals surface area contributed by atoms with E-state index in [1.54, 1.807) is 16.7 Å². The second kappa shape index (κ2) is 9.45. The van der Waals surface area contributed by atoms with Crippen molar-refractivity contribution in [3.05, 3.63) is 63.4 Å². The Bertz CT molecular complexity index is 1180. The summed E-state index contributed by atoms with van der Waals surface area (Å²) in [5.41, 5.74) is 2.05. The second-order valence-corrected chi connectivity index (χ2v) is 9.27. The van der Waals surface area contributed by atoms with E-state index in [9.17, 15) is 9.59 Å². The highest BCUT2D eigenvalue weighted by atomic mass is 35.5. The lowest BCUT2D eigenvalue weighted by Crippen LogP contribution is -2.44. The first-order valence-corrected chi connectivity index (χ1v) is 12.1. The molecule has 2 aromatic carbocycles. The third kappa shape index (κ3) is 4.51. The molecule has 1 fully saturated rings. The normalized spacial score (nSPS) is 16.6. The fourth-order valence-electron chi connectivity index (χ4n) is 4.12. The Labute approximate surface area is 191 Å². The number of piperidine rings is 1. The number of amides is 1. The zero-order valence-corrected chi connectivity index (χ0v) is 19.4. The van der Waals surface area contributed by atoms with Crippen LogP contribution in [0.2, 0.25) is 5.02 Å². The van der Waals surface area contributed by atoms with Crippen molar-refractivity contribution in [2.24, 2.45) is 0 Å². The molecule has 3 aromatic rings. The fraction of sp³-hybridized carbons (Fsp3) is 0.375. The van der Waals surface area contributed by atoms with E-state index in [2.05, 4.69) is 6.92 Å². The molecule has 1 atom stereocenters. The Hall–Kier alpha value is -2.31. The van der Waals surface area contributed by atoms with E-state index in [0.29, 0.717) is 32.8 Å². The summed E-state index contributed by atoms with van der Waals surface area (Å²) < 4.78 is 1.57. The number of fused-ring (bicyclic) bond motifs is 1. The highest BCUT2D eigenvalue weighted by Crippen LogP contribution is 2.26. The molecule has 2 heterocycles. The number of carbonyl (C=O) groups is 1.